The maximum Gasteiger partial charge on any atom is 0.238 e. The molecule has 0 spiro atoms. The molecule has 110 valence electrons. The minimum absolute atomic E-state index is 0.0601. The molecular weight excluding hydrogens is 402 g/mol. The Labute approximate surface area is 138 Å². The zero-order valence-electron chi connectivity index (χ0n) is 10.9. The second-order valence-corrected chi connectivity index (χ2v) is 8.15. The highest BCUT2D eigenvalue weighted by molar-refractivity contribution is 9.12. The number of benzene rings is 1. The fourth-order valence-corrected chi connectivity index (χ4v) is 6.11. The van der Waals surface area contributed by atoms with Crippen LogP contribution >= 0.6 is 31.9 Å². The van der Waals surface area contributed by atoms with Crippen LogP contribution in [0.1, 0.15) is 6.42 Å². The van der Waals surface area contributed by atoms with Gasteiger partial charge in [0.25, 0.3) is 0 Å². The van der Waals surface area contributed by atoms with Crippen molar-refractivity contribution in [2.45, 2.75) is 16.1 Å². The number of halogens is 2. The normalized spacial score (nSPS) is 41.0. The van der Waals surface area contributed by atoms with Gasteiger partial charge >= 0.3 is 0 Å². The smallest absolute Gasteiger partial charge is 0.238 e. The van der Waals surface area contributed by atoms with E-state index in [1.165, 1.54) is 17.0 Å². The Balaban J connectivity index is 1.75. The summed E-state index contributed by atoms with van der Waals surface area (Å²) in [6.45, 7) is 0. The highest BCUT2D eigenvalue weighted by atomic mass is 79.9. The Kier molecular flexibility index (Phi) is 2.99. The van der Waals surface area contributed by atoms with Crippen LogP contribution in [0, 0.1) is 23.7 Å². The molecule has 1 saturated heterocycles. The fourth-order valence-electron chi connectivity index (χ4n) is 4.24. The molecule has 6 heteroatoms. The van der Waals surface area contributed by atoms with E-state index in [4.69, 9.17) is 0 Å². The molecule has 1 aromatic rings. The van der Waals surface area contributed by atoms with Crippen LogP contribution < -0.4 is 4.90 Å². The number of hydrogen-bond donors (Lipinski definition) is 1. The van der Waals surface area contributed by atoms with Crippen LogP contribution in [0.3, 0.4) is 0 Å². The second kappa shape index (κ2) is 4.56. The lowest BCUT2D eigenvalue weighted by Gasteiger charge is -2.28. The van der Waals surface area contributed by atoms with Gasteiger partial charge < -0.3 is 5.11 Å². The SMILES string of the molecule is O=C1[C@@H]2[C@H]3C[C@@H]([C@@H](Br)[C@H]3Br)[C@H]2C(=O)N1c1cccc(O)c1. The van der Waals surface area contributed by atoms with Gasteiger partial charge in [-0.15, -0.1) is 0 Å². The molecule has 2 aliphatic carbocycles. The molecule has 0 unspecified atom stereocenters. The van der Waals surface area contributed by atoms with E-state index >= 15 is 0 Å². The van der Waals surface area contributed by atoms with Crippen LogP contribution in [-0.4, -0.2) is 26.6 Å². The van der Waals surface area contributed by atoms with Gasteiger partial charge in [0.2, 0.25) is 11.8 Å². The monoisotopic (exact) mass is 413 g/mol. The zero-order chi connectivity index (χ0) is 14.9. The van der Waals surface area contributed by atoms with E-state index in [0.29, 0.717) is 5.69 Å². The van der Waals surface area contributed by atoms with Crippen LogP contribution in [0.15, 0.2) is 24.3 Å². The first-order valence-electron chi connectivity index (χ1n) is 6.95. The summed E-state index contributed by atoms with van der Waals surface area (Å²) < 4.78 is 0. The zero-order valence-corrected chi connectivity index (χ0v) is 14.1. The van der Waals surface area contributed by atoms with Gasteiger partial charge in [0.15, 0.2) is 0 Å². The molecule has 2 saturated carbocycles. The number of nitrogens with zero attached hydrogens (tertiary/aromatic N) is 1. The summed E-state index contributed by atoms with van der Waals surface area (Å²) in [6, 6.07) is 6.34. The molecule has 2 amide bonds. The number of aromatic hydroxyl groups is 1. The number of alkyl halides is 2. The minimum atomic E-state index is -0.219. The van der Waals surface area contributed by atoms with Gasteiger partial charge in [-0.3, -0.25) is 9.59 Å². The van der Waals surface area contributed by atoms with E-state index in [0.717, 1.165) is 6.42 Å². The fraction of sp³-hybridized carbons (Fsp3) is 0.467. The molecule has 1 N–H and O–H groups in total. The standard InChI is InChI=1S/C15H13Br2NO3/c16-12-8-5-9(13(12)17)11-10(8)14(20)18(15(11)21)6-2-1-3-7(19)4-6/h1-4,8-13,19H,5H2/t8-,9-,10-,11-,12-,13+/m1/s1. The van der Waals surface area contributed by atoms with E-state index in [9.17, 15) is 14.7 Å². The van der Waals surface area contributed by atoms with Crippen LogP contribution in [0.2, 0.25) is 0 Å². The lowest BCUT2D eigenvalue weighted by atomic mass is 9.81. The second-order valence-electron chi connectivity index (χ2n) is 6.04. The Morgan fingerprint density at radius 3 is 2.14 bits per heavy atom. The predicted molar refractivity (Wildman–Crippen MR) is 84.6 cm³/mol. The van der Waals surface area contributed by atoms with Crippen LogP contribution in [-0.2, 0) is 9.59 Å². The predicted octanol–water partition coefficient (Wildman–Crippen LogP) is 2.67. The molecule has 6 atom stereocenters. The van der Waals surface area contributed by atoms with Gasteiger partial charge in [-0.2, -0.15) is 0 Å². The number of carbonyl (C=O) groups is 2. The number of anilines is 1. The van der Waals surface area contributed by atoms with Crippen LogP contribution in [0.4, 0.5) is 5.69 Å². The molecule has 0 aromatic heterocycles. The van der Waals surface area contributed by atoms with Crippen molar-refractivity contribution in [3.8, 4) is 5.75 Å². The largest absolute Gasteiger partial charge is 0.508 e. The van der Waals surface area contributed by atoms with Crippen LogP contribution in [0.5, 0.6) is 5.75 Å². The van der Waals surface area contributed by atoms with Gasteiger partial charge in [0.1, 0.15) is 5.75 Å². The maximum atomic E-state index is 12.7. The molecule has 21 heavy (non-hydrogen) atoms. The molecule has 1 heterocycles. The third-order valence-corrected chi connectivity index (χ3v) is 8.28. The van der Waals surface area contributed by atoms with E-state index in [2.05, 4.69) is 31.9 Å². The van der Waals surface area contributed by atoms with Gasteiger partial charge in [-0.05, 0) is 30.4 Å². The van der Waals surface area contributed by atoms with Crippen molar-refractivity contribution < 1.29 is 14.7 Å². The quantitative estimate of drug-likeness (QED) is 0.567. The highest BCUT2D eigenvalue weighted by Crippen LogP contribution is 2.60. The number of carbonyl (C=O) groups excluding carboxylic acids is 2. The summed E-state index contributed by atoms with van der Waals surface area (Å²) in [6.07, 6.45) is 0.923. The number of phenols is 1. The molecule has 3 fully saturated rings. The first kappa shape index (κ1) is 13.8. The Hall–Kier alpha value is -0.880. The molecule has 1 aromatic carbocycles. The number of amides is 2. The van der Waals surface area contributed by atoms with E-state index in [1.54, 1.807) is 12.1 Å². The lowest BCUT2D eigenvalue weighted by Crippen LogP contribution is -2.37. The molecule has 0 radical (unpaired) electrons. The molecule has 3 aliphatic rings. The summed E-state index contributed by atoms with van der Waals surface area (Å²) in [4.78, 5) is 27.2. The van der Waals surface area contributed by atoms with Crippen molar-refractivity contribution in [2.75, 3.05) is 4.90 Å². The third kappa shape index (κ3) is 1.72. The summed E-state index contributed by atoms with van der Waals surface area (Å²) in [5.74, 6) is -0.193. The summed E-state index contributed by atoms with van der Waals surface area (Å²) in [5.41, 5.74) is 0.469. The van der Waals surface area contributed by atoms with Crippen molar-refractivity contribution in [3.63, 3.8) is 0 Å². The number of hydrogen-bond acceptors (Lipinski definition) is 3. The minimum Gasteiger partial charge on any atom is -0.508 e. The van der Waals surface area contributed by atoms with Crippen molar-refractivity contribution >= 4 is 49.4 Å². The first-order chi connectivity index (χ1) is 10.0. The van der Waals surface area contributed by atoms with Crippen molar-refractivity contribution in [1.82, 2.24) is 0 Å². The summed E-state index contributed by atoms with van der Waals surface area (Å²) in [5, 5.41) is 9.59. The molecule has 2 bridgehead atoms. The molecule has 4 rings (SSSR count). The third-order valence-electron chi connectivity index (χ3n) is 5.08. The van der Waals surface area contributed by atoms with Crippen LogP contribution in [0.25, 0.3) is 0 Å². The molecular formula is C15H13Br2NO3. The van der Waals surface area contributed by atoms with Gasteiger partial charge in [-0.1, -0.05) is 37.9 Å². The number of phenolic OH excluding ortho intramolecular Hbond substituents is 1. The molecule has 1 aliphatic heterocycles. The number of fused-ring (bicyclic) bond motifs is 5. The van der Waals surface area contributed by atoms with Gasteiger partial charge in [0, 0.05) is 15.7 Å². The van der Waals surface area contributed by atoms with Crippen molar-refractivity contribution in [1.29, 1.82) is 0 Å². The van der Waals surface area contributed by atoms with Crippen molar-refractivity contribution in [2.24, 2.45) is 23.7 Å². The lowest BCUT2D eigenvalue weighted by molar-refractivity contribution is -0.123. The Morgan fingerprint density at radius 2 is 1.62 bits per heavy atom. The summed E-state index contributed by atoms with van der Waals surface area (Å²) >= 11 is 7.33. The Morgan fingerprint density at radius 1 is 1.05 bits per heavy atom. The van der Waals surface area contributed by atoms with E-state index in [1.807, 2.05) is 0 Å². The van der Waals surface area contributed by atoms with E-state index < -0.39 is 0 Å². The summed E-state index contributed by atoms with van der Waals surface area (Å²) in [7, 11) is 0. The van der Waals surface area contributed by atoms with Crippen molar-refractivity contribution in [3.05, 3.63) is 24.3 Å². The first-order valence-corrected chi connectivity index (χ1v) is 8.79. The van der Waals surface area contributed by atoms with Gasteiger partial charge in [0.05, 0.1) is 17.5 Å². The Bertz CT molecular complexity index is 618. The average Bonchev–Trinajstić information content (AvgIpc) is 3.04. The van der Waals surface area contributed by atoms with Gasteiger partial charge in [-0.25, -0.2) is 4.90 Å². The van der Waals surface area contributed by atoms with E-state index in [-0.39, 0.29) is 50.9 Å². The average molecular weight is 415 g/mol. The highest BCUT2D eigenvalue weighted by Gasteiger charge is 2.66. The number of imide groups is 1. The number of rotatable bonds is 1. The molecule has 4 nitrogen and oxygen atoms in total. The maximum absolute atomic E-state index is 12.7. The topological polar surface area (TPSA) is 57.6 Å².